The molecule has 1 aromatic heterocycles. The number of aldehydes is 1. The Kier molecular flexibility index (Phi) is 2.10. The van der Waals surface area contributed by atoms with E-state index < -0.39 is 0 Å². The Balaban J connectivity index is 3.09. The molecule has 0 radical (unpaired) electrons. The van der Waals surface area contributed by atoms with E-state index in [1.165, 1.54) is 7.11 Å². The molecular weight excluding hydrogens is 146 g/mol. The van der Waals surface area contributed by atoms with Crippen molar-refractivity contribution >= 4 is 6.29 Å². The number of ether oxygens (including phenoxy) is 1. The third-order valence-corrected chi connectivity index (χ3v) is 1.17. The van der Waals surface area contributed by atoms with Gasteiger partial charge in [0, 0.05) is 0 Å². The highest BCUT2D eigenvalue weighted by atomic mass is 16.5. The molecule has 0 aliphatic carbocycles. The van der Waals surface area contributed by atoms with Crippen LogP contribution in [0.1, 0.15) is 16.2 Å². The Morgan fingerprint density at radius 2 is 2.18 bits per heavy atom. The molecule has 11 heavy (non-hydrogen) atoms. The normalized spacial score (nSPS) is 9.27. The van der Waals surface area contributed by atoms with Gasteiger partial charge in [0.2, 0.25) is 0 Å². The summed E-state index contributed by atoms with van der Waals surface area (Å²) in [4.78, 5) is 14.1. The fourth-order valence-corrected chi connectivity index (χ4v) is 0.587. The smallest absolute Gasteiger partial charge is 0.335 e. The summed E-state index contributed by atoms with van der Waals surface area (Å²) >= 11 is 0. The van der Waals surface area contributed by atoms with Crippen LogP contribution in [0.3, 0.4) is 0 Å². The zero-order chi connectivity index (χ0) is 8.27. The van der Waals surface area contributed by atoms with Crippen molar-refractivity contribution < 1.29 is 9.53 Å². The molecule has 0 bridgehead atoms. The Labute approximate surface area is 63.4 Å². The first-order chi connectivity index (χ1) is 5.27. The van der Waals surface area contributed by atoms with E-state index in [1.54, 1.807) is 6.92 Å². The number of carbonyl (C=O) groups excluding carboxylic acids is 1. The van der Waals surface area contributed by atoms with Gasteiger partial charge in [-0.3, -0.25) is 4.79 Å². The third kappa shape index (κ3) is 1.49. The van der Waals surface area contributed by atoms with E-state index in [0.717, 1.165) is 0 Å². The van der Waals surface area contributed by atoms with Crippen LogP contribution in [0, 0.1) is 6.92 Å². The van der Waals surface area contributed by atoms with Gasteiger partial charge in [0.25, 0.3) is 0 Å². The maximum absolute atomic E-state index is 10.2. The number of nitrogens with zero attached hydrogens (tertiary/aromatic N) is 3. The number of hydrogen-bond donors (Lipinski definition) is 0. The minimum Gasteiger partial charge on any atom is -0.466 e. The number of hydrogen-bond acceptors (Lipinski definition) is 5. The van der Waals surface area contributed by atoms with Crippen molar-refractivity contribution in [3.05, 3.63) is 11.4 Å². The lowest BCUT2D eigenvalue weighted by molar-refractivity contribution is 0.111. The molecule has 0 saturated carbocycles. The summed E-state index contributed by atoms with van der Waals surface area (Å²) in [7, 11) is 1.44. The molecule has 0 aliphatic heterocycles. The summed E-state index contributed by atoms with van der Waals surface area (Å²) in [6, 6.07) is 0.174. The third-order valence-electron chi connectivity index (χ3n) is 1.17. The SMILES string of the molecule is COc1nnc(C=O)c(C)n1. The van der Waals surface area contributed by atoms with E-state index in [-0.39, 0.29) is 11.7 Å². The van der Waals surface area contributed by atoms with E-state index in [0.29, 0.717) is 12.0 Å². The van der Waals surface area contributed by atoms with E-state index in [2.05, 4.69) is 15.2 Å². The number of rotatable bonds is 2. The van der Waals surface area contributed by atoms with Crippen LogP contribution in [0.4, 0.5) is 0 Å². The molecule has 0 atom stereocenters. The second-order valence-corrected chi connectivity index (χ2v) is 1.89. The average Bonchev–Trinajstić information content (AvgIpc) is 2.04. The molecule has 5 heteroatoms. The van der Waals surface area contributed by atoms with Crippen LogP contribution in [-0.2, 0) is 0 Å². The Morgan fingerprint density at radius 3 is 2.64 bits per heavy atom. The van der Waals surface area contributed by atoms with Crippen molar-refractivity contribution in [1.29, 1.82) is 0 Å². The van der Waals surface area contributed by atoms with Crippen LogP contribution in [0.5, 0.6) is 6.01 Å². The monoisotopic (exact) mass is 153 g/mol. The van der Waals surface area contributed by atoms with Gasteiger partial charge in [-0.05, 0) is 6.92 Å². The van der Waals surface area contributed by atoms with Crippen molar-refractivity contribution in [2.24, 2.45) is 0 Å². The van der Waals surface area contributed by atoms with Crippen molar-refractivity contribution in [2.75, 3.05) is 7.11 Å². The van der Waals surface area contributed by atoms with Crippen molar-refractivity contribution in [1.82, 2.24) is 15.2 Å². The number of aromatic nitrogens is 3. The van der Waals surface area contributed by atoms with Gasteiger partial charge in [0.1, 0.15) is 5.69 Å². The van der Waals surface area contributed by atoms with Crippen molar-refractivity contribution in [3.8, 4) is 6.01 Å². The highest BCUT2D eigenvalue weighted by molar-refractivity contribution is 5.72. The summed E-state index contributed by atoms with van der Waals surface area (Å²) in [5, 5.41) is 7.08. The van der Waals surface area contributed by atoms with Gasteiger partial charge in [0.05, 0.1) is 12.8 Å². The van der Waals surface area contributed by atoms with Crippen molar-refractivity contribution in [3.63, 3.8) is 0 Å². The van der Waals surface area contributed by atoms with Gasteiger partial charge in [-0.25, -0.2) is 0 Å². The molecule has 0 unspecified atom stereocenters. The molecule has 0 fully saturated rings. The van der Waals surface area contributed by atoms with Crippen LogP contribution >= 0.6 is 0 Å². The molecule has 0 aromatic carbocycles. The molecular formula is C6H7N3O2. The van der Waals surface area contributed by atoms with E-state index in [1.807, 2.05) is 0 Å². The maximum Gasteiger partial charge on any atom is 0.335 e. The predicted octanol–water partition coefficient (Wildman–Crippen LogP) is 0.00112. The largest absolute Gasteiger partial charge is 0.466 e. The van der Waals surface area contributed by atoms with Crippen molar-refractivity contribution in [2.45, 2.75) is 6.92 Å². The lowest BCUT2D eigenvalue weighted by Crippen LogP contribution is -2.01. The van der Waals surface area contributed by atoms with E-state index in [9.17, 15) is 4.79 Å². The lowest BCUT2D eigenvalue weighted by Gasteiger charge is -1.97. The lowest BCUT2D eigenvalue weighted by atomic mass is 10.4. The molecule has 58 valence electrons. The summed E-state index contributed by atoms with van der Waals surface area (Å²) in [5.41, 5.74) is 0.762. The molecule has 0 N–H and O–H groups in total. The first-order valence-corrected chi connectivity index (χ1v) is 2.98. The molecule has 0 aliphatic rings. The predicted molar refractivity (Wildman–Crippen MR) is 36.5 cm³/mol. The summed E-state index contributed by atoms with van der Waals surface area (Å²) < 4.78 is 4.69. The highest BCUT2D eigenvalue weighted by Crippen LogP contribution is 2.01. The molecule has 1 rings (SSSR count). The van der Waals surface area contributed by atoms with Gasteiger partial charge in [0.15, 0.2) is 6.29 Å². The molecule has 0 saturated heterocycles. The van der Waals surface area contributed by atoms with Gasteiger partial charge < -0.3 is 4.74 Å². The molecule has 1 aromatic rings. The summed E-state index contributed by atoms with van der Waals surface area (Å²) in [6.07, 6.45) is 0.606. The van der Waals surface area contributed by atoms with Crippen LogP contribution in [0.2, 0.25) is 0 Å². The quantitative estimate of drug-likeness (QED) is 0.559. The number of methoxy groups -OCH3 is 1. The van der Waals surface area contributed by atoms with Crippen LogP contribution in [-0.4, -0.2) is 28.6 Å². The molecule has 5 nitrogen and oxygen atoms in total. The first-order valence-electron chi connectivity index (χ1n) is 2.98. The zero-order valence-corrected chi connectivity index (χ0v) is 6.24. The second kappa shape index (κ2) is 3.05. The Morgan fingerprint density at radius 1 is 1.45 bits per heavy atom. The van der Waals surface area contributed by atoms with E-state index >= 15 is 0 Å². The number of carbonyl (C=O) groups is 1. The van der Waals surface area contributed by atoms with Gasteiger partial charge in [-0.15, -0.1) is 5.10 Å². The minimum absolute atomic E-state index is 0.174. The summed E-state index contributed by atoms with van der Waals surface area (Å²) in [6.45, 7) is 1.67. The average molecular weight is 153 g/mol. The first kappa shape index (κ1) is 7.59. The van der Waals surface area contributed by atoms with E-state index in [4.69, 9.17) is 4.74 Å². The fraction of sp³-hybridized carbons (Fsp3) is 0.333. The molecule has 0 amide bonds. The van der Waals surface area contributed by atoms with Crippen LogP contribution in [0.15, 0.2) is 0 Å². The zero-order valence-electron chi connectivity index (χ0n) is 6.24. The van der Waals surface area contributed by atoms with Gasteiger partial charge in [-0.1, -0.05) is 5.10 Å². The fourth-order valence-electron chi connectivity index (χ4n) is 0.587. The summed E-state index contributed by atoms with van der Waals surface area (Å²) in [5.74, 6) is 0. The topological polar surface area (TPSA) is 65.0 Å². The Bertz CT molecular complexity index is 275. The van der Waals surface area contributed by atoms with Crippen LogP contribution < -0.4 is 4.74 Å². The number of aryl methyl sites for hydroxylation is 1. The van der Waals surface area contributed by atoms with Gasteiger partial charge in [-0.2, -0.15) is 4.98 Å². The molecule has 1 heterocycles. The molecule has 0 spiro atoms. The highest BCUT2D eigenvalue weighted by Gasteiger charge is 2.02. The Hall–Kier alpha value is -1.52. The van der Waals surface area contributed by atoms with Crippen LogP contribution in [0.25, 0.3) is 0 Å². The standard InChI is InChI=1S/C6H7N3O2/c1-4-5(3-10)8-9-6(7-4)11-2/h3H,1-2H3. The maximum atomic E-state index is 10.2. The minimum atomic E-state index is 0.174. The van der Waals surface area contributed by atoms with Gasteiger partial charge >= 0.3 is 6.01 Å². The second-order valence-electron chi connectivity index (χ2n) is 1.89.